The summed E-state index contributed by atoms with van der Waals surface area (Å²) in [5.74, 6) is 0.246. The quantitative estimate of drug-likeness (QED) is 0.486. The Kier molecular flexibility index (Phi) is 4.56. The van der Waals surface area contributed by atoms with E-state index in [0.717, 1.165) is 17.2 Å². The molecule has 7 heteroatoms. The molecule has 2 N–H and O–H groups in total. The van der Waals surface area contributed by atoms with Gasteiger partial charge in [0.2, 0.25) is 0 Å². The molecule has 0 aliphatic rings. The zero-order chi connectivity index (χ0) is 18.8. The summed E-state index contributed by atoms with van der Waals surface area (Å²) in [5, 5.41) is 4.40. The summed E-state index contributed by atoms with van der Waals surface area (Å²) in [4.78, 5) is 23.1. The Balaban J connectivity index is 1.72. The van der Waals surface area contributed by atoms with E-state index in [9.17, 15) is 9.18 Å². The van der Waals surface area contributed by atoms with Crippen LogP contribution in [0.25, 0.3) is 22.2 Å². The smallest absolute Gasteiger partial charge is 0.152 e. The molecule has 134 valence electrons. The zero-order valence-electron chi connectivity index (χ0n) is 14.0. The number of aldehydes is 1. The molecular weight excluding hydrogens is 367 g/mol. The molecule has 3 heterocycles. The highest BCUT2D eigenvalue weighted by molar-refractivity contribution is 6.31. The van der Waals surface area contributed by atoms with Crippen molar-refractivity contribution >= 4 is 34.7 Å². The number of benzene rings is 1. The maximum Gasteiger partial charge on any atom is 0.152 e. The van der Waals surface area contributed by atoms with Gasteiger partial charge in [-0.15, -0.1) is 0 Å². The van der Waals surface area contributed by atoms with Crippen molar-refractivity contribution in [2.24, 2.45) is 0 Å². The predicted octanol–water partition coefficient (Wildman–Crippen LogP) is 4.84. The maximum absolute atomic E-state index is 13.8. The maximum atomic E-state index is 13.8. The first-order valence-electron chi connectivity index (χ1n) is 8.21. The van der Waals surface area contributed by atoms with Crippen LogP contribution in [0.5, 0.6) is 0 Å². The van der Waals surface area contributed by atoms with E-state index in [4.69, 9.17) is 11.6 Å². The van der Waals surface area contributed by atoms with E-state index in [0.29, 0.717) is 33.2 Å². The lowest BCUT2D eigenvalue weighted by atomic mass is 10.0. The van der Waals surface area contributed by atoms with E-state index in [1.807, 2.05) is 0 Å². The van der Waals surface area contributed by atoms with Gasteiger partial charge in [0.1, 0.15) is 17.3 Å². The summed E-state index contributed by atoms with van der Waals surface area (Å²) in [6.45, 7) is 0.279. The van der Waals surface area contributed by atoms with Crippen molar-refractivity contribution in [2.45, 2.75) is 6.54 Å². The molecule has 4 aromatic rings. The van der Waals surface area contributed by atoms with E-state index in [-0.39, 0.29) is 12.4 Å². The molecule has 3 aromatic heterocycles. The number of hydrogen-bond donors (Lipinski definition) is 2. The third-order valence-electron chi connectivity index (χ3n) is 4.27. The minimum absolute atomic E-state index is 0.279. The fraction of sp³-hybridized carbons (Fsp3) is 0.0500. The van der Waals surface area contributed by atoms with Crippen LogP contribution < -0.4 is 5.32 Å². The van der Waals surface area contributed by atoms with Crippen LogP contribution in [0.3, 0.4) is 0 Å². The van der Waals surface area contributed by atoms with Crippen molar-refractivity contribution in [2.75, 3.05) is 5.32 Å². The molecule has 0 saturated carbocycles. The summed E-state index contributed by atoms with van der Waals surface area (Å²) in [7, 11) is 0. The lowest BCUT2D eigenvalue weighted by Gasteiger charge is -2.10. The predicted molar refractivity (Wildman–Crippen MR) is 103 cm³/mol. The standard InChI is InChI=1S/C20H14ClFN4O/c21-14-5-16-17(10-26-20(16)25-9-14)15-6-19(24-8-13(15)11-27)23-7-12-3-1-2-4-18(12)22/h1-6,8-11H,7H2,(H,23,24)(H,25,26). The second-order valence-corrected chi connectivity index (χ2v) is 6.41. The van der Waals surface area contributed by atoms with Crippen LogP contribution in [0.2, 0.25) is 5.02 Å². The van der Waals surface area contributed by atoms with Crippen molar-refractivity contribution in [1.29, 1.82) is 0 Å². The van der Waals surface area contributed by atoms with Crippen LogP contribution in [0.4, 0.5) is 10.2 Å². The lowest BCUT2D eigenvalue weighted by molar-refractivity contribution is 0.112. The summed E-state index contributed by atoms with van der Waals surface area (Å²) in [6, 6.07) is 10.1. The van der Waals surface area contributed by atoms with E-state index >= 15 is 0 Å². The van der Waals surface area contributed by atoms with Crippen molar-refractivity contribution in [3.8, 4) is 11.1 Å². The summed E-state index contributed by atoms with van der Waals surface area (Å²) in [5.41, 5.74) is 3.12. The Bertz CT molecular complexity index is 1140. The molecule has 0 unspecified atom stereocenters. The highest BCUT2D eigenvalue weighted by atomic mass is 35.5. The number of halogens is 2. The highest BCUT2D eigenvalue weighted by Gasteiger charge is 2.13. The van der Waals surface area contributed by atoms with Crippen LogP contribution in [0.1, 0.15) is 15.9 Å². The van der Waals surface area contributed by atoms with E-state index < -0.39 is 0 Å². The number of aromatic nitrogens is 3. The van der Waals surface area contributed by atoms with Crippen molar-refractivity contribution in [3.05, 3.63) is 77.0 Å². The Morgan fingerprint density at radius 2 is 2.00 bits per heavy atom. The normalized spacial score (nSPS) is 10.9. The van der Waals surface area contributed by atoms with Gasteiger partial charge < -0.3 is 10.3 Å². The van der Waals surface area contributed by atoms with Crippen LogP contribution >= 0.6 is 11.6 Å². The molecule has 0 fully saturated rings. The average Bonchev–Trinajstić information content (AvgIpc) is 3.10. The SMILES string of the molecule is O=Cc1cnc(NCc2ccccc2F)cc1-c1c[nH]c2ncc(Cl)cc12. The van der Waals surface area contributed by atoms with Gasteiger partial charge in [-0.2, -0.15) is 0 Å². The zero-order valence-corrected chi connectivity index (χ0v) is 14.8. The van der Waals surface area contributed by atoms with Crippen molar-refractivity contribution in [3.63, 3.8) is 0 Å². The highest BCUT2D eigenvalue weighted by Crippen LogP contribution is 2.32. The molecule has 27 heavy (non-hydrogen) atoms. The van der Waals surface area contributed by atoms with Crippen molar-refractivity contribution in [1.82, 2.24) is 15.0 Å². The first kappa shape index (κ1) is 17.2. The Hall–Kier alpha value is -3.25. The van der Waals surface area contributed by atoms with Gasteiger partial charge in [-0.05, 0) is 23.8 Å². The molecule has 0 spiro atoms. The molecule has 0 saturated heterocycles. The monoisotopic (exact) mass is 380 g/mol. The number of rotatable bonds is 5. The van der Waals surface area contributed by atoms with Gasteiger partial charge in [0, 0.05) is 47.2 Å². The molecule has 0 atom stereocenters. The fourth-order valence-electron chi connectivity index (χ4n) is 2.92. The third-order valence-corrected chi connectivity index (χ3v) is 4.47. The minimum atomic E-state index is -0.285. The van der Waals surface area contributed by atoms with Crippen LogP contribution in [-0.2, 0) is 6.54 Å². The van der Waals surface area contributed by atoms with Gasteiger partial charge in [-0.1, -0.05) is 29.8 Å². The number of H-pyrrole nitrogens is 1. The summed E-state index contributed by atoms with van der Waals surface area (Å²) in [6.07, 6.45) is 5.57. The Morgan fingerprint density at radius 3 is 2.81 bits per heavy atom. The van der Waals surface area contributed by atoms with Gasteiger partial charge in [0.05, 0.1) is 5.02 Å². The van der Waals surface area contributed by atoms with Crippen molar-refractivity contribution < 1.29 is 9.18 Å². The number of anilines is 1. The number of nitrogens with one attached hydrogen (secondary N) is 2. The molecular formula is C20H14ClFN4O. The lowest BCUT2D eigenvalue weighted by Crippen LogP contribution is -2.04. The van der Waals surface area contributed by atoms with Gasteiger partial charge >= 0.3 is 0 Å². The molecule has 4 rings (SSSR count). The Labute approximate surface area is 159 Å². The van der Waals surface area contributed by atoms with Gasteiger partial charge in [0.25, 0.3) is 0 Å². The molecule has 0 amide bonds. The molecule has 0 aliphatic heterocycles. The van der Waals surface area contributed by atoms with Crippen LogP contribution in [0, 0.1) is 5.82 Å². The molecule has 0 bridgehead atoms. The summed E-state index contributed by atoms with van der Waals surface area (Å²) < 4.78 is 13.8. The second-order valence-electron chi connectivity index (χ2n) is 5.97. The fourth-order valence-corrected chi connectivity index (χ4v) is 3.08. The largest absolute Gasteiger partial charge is 0.366 e. The molecule has 0 aliphatic carbocycles. The number of pyridine rings is 2. The molecule has 5 nitrogen and oxygen atoms in total. The number of aromatic amines is 1. The van der Waals surface area contributed by atoms with E-state index in [2.05, 4.69) is 20.3 Å². The topological polar surface area (TPSA) is 70.7 Å². The number of carbonyl (C=O) groups is 1. The Morgan fingerprint density at radius 1 is 1.15 bits per heavy atom. The molecule has 1 aromatic carbocycles. The second kappa shape index (κ2) is 7.17. The number of hydrogen-bond acceptors (Lipinski definition) is 4. The average molecular weight is 381 g/mol. The van der Waals surface area contributed by atoms with E-state index in [1.165, 1.54) is 12.3 Å². The van der Waals surface area contributed by atoms with Gasteiger partial charge in [-0.3, -0.25) is 4.79 Å². The summed E-state index contributed by atoms with van der Waals surface area (Å²) >= 11 is 6.07. The third kappa shape index (κ3) is 3.39. The van der Waals surface area contributed by atoms with Gasteiger partial charge in [0.15, 0.2) is 6.29 Å². The first-order chi connectivity index (χ1) is 13.2. The number of fused-ring (bicyclic) bond motifs is 1. The molecule has 0 radical (unpaired) electrons. The van der Waals surface area contributed by atoms with Crippen LogP contribution in [-0.4, -0.2) is 21.2 Å². The number of carbonyl (C=O) groups excluding carboxylic acids is 1. The first-order valence-corrected chi connectivity index (χ1v) is 8.59. The number of nitrogens with zero attached hydrogens (tertiary/aromatic N) is 2. The minimum Gasteiger partial charge on any atom is -0.366 e. The van der Waals surface area contributed by atoms with Crippen LogP contribution in [0.15, 0.2) is 55.0 Å². The van der Waals surface area contributed by atoms with Gasteiger partial charge in [-0.25, -0.2) is 14.4 Å². The van der Waals surface area contributed by atoms with E-state index in [1.54, 1.807) is 42.7 Å².